The molecule has 0 spiro atoms. The lowest BCUT2D eigenvalue weighted by atomic mass is 10.1. The van der Waals surface area contributed by atoms with E-state index >= 15 is 0 Å². The van der Waals surface area contributed by atoms with Gasteiger partial charge >= 0.3 is 0 Å². The second kappa shape index (κ2) is 14.0. The Kier molecular flexibility index (Phi) is 9.89. The molecule has 0 aromatic heterocycles. The first-order valence-electron chi connectivity index (χ1n) is 14.5. The molecule has 0 atom stereocenters. The molecule has 43 heavy (non-hydrogen) atoms. The molecule has 10 heteroatoms. The first kappa shape index (κ1) is 30.4. The Balaban J connectivity index is 1.14. The molecule has 226 valence electrons. The predicted octanol–water partition coefficient (Wildman–Crippen LogP) is 5.28. The molecule has 1 N–H and O–H groups in total. The van der Waals surface area contributed by atoms with Crippen LogP contribution in [0.3, 0.4) is 0 Å². The molecule has 2 amide bonds. The Bertz CT molecular complexity index is 1510. The Hall–Kier alpha value is -4.02. The highest BCUT2D eigenvalue weighted by Crippen LogP contribution is 2.42. The van der Waals surface area contributed by atoms with E-state index in [1.807, 2.05) is 49.4 Å². The third-order valence-electron chi connectivity index (χ3n) is 7.61. The summed E-state index contributed by atoms with van der Waals surface area (Å²) < 4.78 is 25.1. The molecular weight excluding hydrogens is 567 g/mol. The van der Waals surface area contributed by atoms with Crippen LogP contribution in [0.1, 0.15) is 29.3 Å². The highest BCUT2D eigenvalue weighted by molar-refractivity contribution is 8.04. The van der Waals surface area contributed by atoms with Crippen molar-refractivity contribution in [1.82, 2.24) is 10.2 Å². The standard InChI is InChI=1S/C33H37FN4O4S/c1-4-42-28-12-10-23(20-29(28)41-3)21-31-33(40)36(2)27-22-24(11-13-30(27)43-31)32(39)35-14-7-15-37-16-18-38(19-17-37)26-9-6-5-8-25(26)34/h5-6,8-13,20-22H,4,7,14-19H2,1-3H3,(H,35,39). The van der Waals surface area contributed by atoms with Crippen molar-refractivity contribution in [2.75, 3.05) is 69.8 Å². The number of hydrogen-bond donors (Lipinski definition) is 1. The third-order valence-corrected chi connectivity index (χ3v) is 8.68. The van der Waals surface area contributed by atoms with Crippen molar-refractivity contribution in [3.63, 3.8) is 0 Å². The topological polar surface area (TPSA) is 74.4 Å². The van der Waals surface area contributed by atoms with Crippen LogP contribution in [0.2, 0.25) is 0 Å². The Morgan fingerprint density at radius 1 is 1.02 bits per heavy atom. The highest BCUT2D eigenvalue weighted by atomic mass is 32.2. The Morgan fingerprint density at radius 2 is 1.81 bits per heavy atom. The summed E-state index contributed by atoms with van der Waals surface area (Å²) in [5, 5.41) is 3.01. The van der Waals surface area contributed by atoms with Gasteiger partial charge in [0.2, 0.25) is 0 Å². The molecule has 1 saturated heterocycles. The van der Waals surface area contributed by atoms with Crippen LogP contribution >= 0.6 is 11.8 Å². The summed E-state index contributed by atoms with van der Waals surface area (Å²) in [5.41, 5.74) is 2.71. The molecule has 0 aliphatic carbocycles. The molecule has 2 aliphatic heterocycles. The average molecular weight is 605 g/mol. The summed E-state index contributed by atoms with van der Waals surface area (Å²) in [6, 6.07) is 17.9. The maximum atomic E-state index is 14.1. The fraction of sp³-hybridized carbons (Fsp3) is 0.333. The molecule has 2 heterocycles. The van der Waals surface area contributed by atoms with Crippen molar-refractivity contribution < 1.29 is 23.5 Å². The zero-order valence-corrected chi connectivity index (χ0v) is 25.6. The van der Waals surface area contributed by atoms with Gasteiger partial charge in [-0.15, -0.1) is 0 Å². The van der Waals surface area contributed by atoms with Crippen molar-refractivity contribution in [2.45, 2.75) is 18.2 Å². The fourth-order valence-electron chi connectivity index (χ4n) is 5.26. The molecule has 1 fully saturated rings. The number of hydrogen-bond acceptors (Lipinski definition) is 7. The van der Waals surface area contributed by atoms with E-state index in [0.29, 0.717) is 46.5 Å². The van der Waals surface area contributed by atoms with Crippen LogP contribution in [0.25, 0.3) is 6.08 Å². The zero-order valence-electron chi connectivity index (χ0n) is 24.8. The lowest BCUT2D eigenvalue weighted by Gasteiger charge is -2.36. The molecule has 0 radical (unpaired) electrons. The van der Waals surface area contributed by atoms with Crippen molar-refractivity contribution in [2.24, 2.45) is 0 Å². The Labute approximate surface area is 256 Å². The van der Waals surface area contributed by atoms with Gasteiger partial charge in [0, 0.05) is 50.2 Å². The van der Waals surface area contributed by atoms with E-state index in [-0.39, 0.29) is 17.6 Å². The molecule has 8 nitrogen and oxygen atoms in total. The highest BCUT2D eigenvalue weighted by Gasteiger charge is 2.27. The van der Waals surface area contributed by atoms with Crippen LogP contribution in [0.15, 0.2) is 70.5 Å². The largest absolute Gasteiger partial charge is 0.493 e. The number of para-hydroxylation sites is 1. The number of amides is 2. The van der Waals surface area contributed by atoms with E-state index in [1.165, 1.54) is 17.8 Å². The van der Waals surface area contributed by atoms with Gasteiger partial charge in [0.05, 0.1) is 30.0 Å². The number of benzene rings is 3. The van der Waals surface area contributed by atoms with Crippen LogP contribution in [0.5, 0.6) is 11.5 Å². The number of piperazine rings is 1. The van der Waals surface area contributed by atoms with Crippen molar-refractivity contribution >= 4 is 41.0 Å². The average Bonchev–Trinajstić information content (AvgIpc) is 3.03. The normalized spacial score (nSPS) is 16.3. The number of rotatable bonds is 10. The van der Waals surface area contributed by atoms with E-state index in [4.69, 9.17) is 9.47 Å². The van der Waals surface area contributed by atoms with E-state index in [2.05, 4.69) is 15.1 Å². The number of carbonyl (C=O) groups is 2. The number of carbonyl (C=O) groups excluding carboxylic acids is 2. The van der Waals surface area contributed by atoms with Gasteiger partial charge in [0.15, 0.2) is 11.5 Å². The number of fused-ring (bicyclic) bond motifs is 1. The quantitative estimate of drug-likeness (QED) is 0.249. The van der Waals surface area contributed by atoms with E-state index in [1.54, 1.807) is 37.3 Å². The van der Waals surface area contributed by atoms with Crippen molar-refractivity contribution in [3.05, 3.63) is 82.5 Å². The zero-order chi connectivity index (χ0) is 30.3. The number of likely N-dealkylation sites (N-methyl/N-ethyl adjacent to an activating group) is 1. The lowest BCUT2D eigenvalue weighted by Crippen LogP contribution is -2.47. The van der Waals surface area contributed by atoms with Gasteiger partial charge in [-0.2, -0.15) is 0 Å². The van der Waals surface area contributed by atoms with E-state index in [9.17, 15) is 14.0 Å². The monoisotopic (exact) mass is 604 g/mol. The van der Waals surface area contributed by atoms with Gasteiger partial charge in [0.1, 0.15) is 5.82 Å². The van der Waals surface area contributed by atoms with Gasteiger partial charge < -0.3 is 24.6 Å². The van der Waals surface area contributed by atoms with Gasteiger partial charge in [-0.3, -0.25) is 14.5 Å². The molecule has 2 aliphatic rings. The minimum atomic E-state index is -0.183. The fourth-order valence-corrected chi connectivity index (χ4v) is 6.36. The minimum absolute atomic E-state index is 0.141. The first-order chi connectivity index (χ1) is 20.9. The molecule has 0 unspecified atom stereocenters. The van der Waals surface area contributed by atoms with Crippen LogP contribution in [0, 0.1) is 5.82 Å². The van der Waals surface area contributed by atoms with Crippen molar-refractivity contribution in [3.8, 4) is 11.5 Å². The number of anilines is 2. The second-order valence-corrected chi connectivity index (χ2v) is 11.5. The first-order valence-corrected chi connectivity index (χ1v) is 15.3. The van der Waals surface area contributed by atoms with Gasteiger partial charge in [-0.1, -0.05) is 30.0 Å². The summed E-state index contributed by atoms with van der Waals surface area (Å²) in [6.45, 7) is 7.11. The molecular formula is C33H37FN4O4S. The summed E-state index contributed by atoms with van der Waals surface area (Å²) in [4.78, 5) is 33.6. The molecule has 0 bridgehead atoms. The van der Waals surface area contributed by atoms with Crippen LogP contribution < -0.4 is 24.6 Å². The maximum absolute atomic E-state index is 14.1. The number of nitrogens with one attached hydrogen (secondary N) is 1. The minimum Gasteiger partial charge on any atom is -0.493 e. The number of halogens is 1. The third kappa shape index (κ3) is 7.14. The number of methoxy groups -OCH3 is 1. The second-order valence-electron chi connectivity index (χ2n) is 10.4. The van der Waals surface area contributed by atoms with Crippen LogP contribution in [-0.4, -0.2) is 76.7 Å². The number of thioether (sulfide) groups is 1. The van der Waals surface area contributed by atoms with Crippen molar-refractivity contribution in [1.29, 1.82) is 0 Å². The summed E-state index contributed by atoms with van der Waals surface area (Å²) >= 11 is 1.39. The van der Waals surface area contributed by atoms with Gasteiger partial charge in [-0.05, 0) is 74.0 Å². The molecule has 0 saturated carbocycles. The van der Waals surface area contributed by atoms with Gasteiger partial charge in [-0.25, -0.2) is 4.39 Å². The Morgan fingerprint density at radius 3 is 2.56 bits per heavy atom. The number of ether oxygens (including phenoxy) is 2. The predicted molar refractivity (Wildman–Crippen MR) is 170 cm³/mol. The van der Waals surface area contributed by atoms with Crippen LogP contribution in [-0.2, 0) is 4.79 Å². The summed E-state index contributed by atoms with van der Waals surface area (Å²) in [6.07, 6.45) is 2.65. The maximum Gasteiger partial charge on any atom is 0.264 e. The molecule has 3 aromatic carbocycles. The smallest absolute Gasteiger partial charge is 0.264 e. The van der Waals surface area contributed by atoms with E-state index < -0.39 is 0 Å². The molecule has 3 aromatic rings. The summed E-state index contributed by atoms with van der Waals surface area (Å²) in [5.74, 6) is 0.773. The van der Waals surface area contributed by atoms with Crippen LogP contribution in [0.4, 0.5) is 15.8 Å². The SMILES string of the molecule is CCOc1ccc(C=C2Sc3ccc(C(=O)NCCCN4CCN(c5ccccc5F)CC4)cc3N(C)C2=O)cc1OC. The number of nitrogens with zero attached hydrogens (tertiary/aromatic N) is 3. The molecule has 5 rings (SSSR count). The lowest BCUT2D eigenvalue weighted by molar-refractivity contribution is -0.114. The van der Waals surface area contributed by atoms with E-state index in [0.717, 1.165) is 49.6 Å². The van der Waals surface area contributed by atoms with Gasteiger partial charge in [0.25, 0.3) is 11.8 Å². The summed E-state index contributed by atoms with van der Waals surface area (Å²) in [7, 11) is 3.31.